The summed E-state index contributed by atoms with van der Waals surface area (Å²) in [6.45, 7) is 6.88. The first-order chi connectivity index (χ1) is 11.6. The second-order valence-corrected chi connectivity index (χ2v) is 7.10. The number of nitrogens with one attached hydrogen (secondary N) is 1. The maximum Gasteiger partial charge on any atom is 0.237 e. The Kier molecular flexibility index (Phi) is 5.20. The molecule has 24 heavy (non-hydrogen) atoms. The molecule has 3 rings (SSSR count). The van der Waals surface area contributed by atoms with Gasteiger partial charge in [0.25, 0.3) is 0 Å². The van der Waals surface area contributed by atoms with Crippen molar-refractivity contribution in [2.45, 2.75) is 58.2 Å². The summed E-state index contributed by atoms with van der Waals surface area (Å²) < 4.78 is 0. The zero-order valence-corrected chi connectivity index (χ0v) is 15.0. The molecule has 1 fully saturated rings. The zero-order valence-electron chi connectivity index (χ0n) is 15.0. The van der Waals surface area contributed by atoms with Crippen molar-refractivity contribution in [2.24, 2.45) is 0 Å². The molecule has 0 radical (unpaired) electrons. The average Bonchev–Trinajstić information content (AvgIpc) is 2.59. The Bertz CT molecular complexity index is 697. The molecule has 1 aliphatic rings. The highest BCUT2D eigenvalue weighted by Crippen LogP contribution is 2.25. The fraction of sp³-hybridized carbons (Fsp3) is 0.476. The summed E-state index contributed by atoms with van der Waals surface area (Å²) in [6, 6.07) is 15.7. The van der Waals surface area contributed by atoms with Gasteiger partial charge in [-0.15, -0.1) is 0 Å². The summed E-state index contributed by atoms with van der Waals surface area (Å²) in [5.41, 5.74) is 1.25. The third-order valence-electron chi connectivity index (χ3n) is 5.33. The summed E-state index contributed by atoms with van der Waals surface area (Å²) in [6.07, 6.45) is 3.47. The third-order valence-corrected chi connectivity index (χ3v) is 5.33. The number of nitrogens with zero attached hydrogens (tertiary/aromatic N) is 1. The highest BCUT2D eigenvalue weighted by Gasteiger charge is 2.28. The molecule has 0 aliphatic carbocycles. The molecule has 0 aromatic heterocycles. The minimum absolute atomic E-state index is 0.149. The fourth-order valence-corrected chi connectivity index (χ4v) is 3.98. The van der Waals surface area contributed by atoms with Gasteiger partial charge in [0, 0.05) is 18.1 Å². The molecule has 3 nitrogen and oxygen atoms in total. The van der Waals surface area contributed by atoms with Gasteiger partial charge in [-0.2, -0.15) is 0 Å². The van der Waals surface area contributed by atoms with E-state index in [-0.39, 0.29) is 11.9 Å². The van der Waals surface area contributed by atoms with Gasteiger partial charge in [0.1, 0.15) is 0 Å². The molecule has 2 aromatic carbocycles. The lowest BCUT2D eigenvalue weighted by Gasteiger charge is -2.39. The standard InChI is InChI=1S/C21H28N2O/c1-15-8-6-9-16(2)23(15)21(24)14-22-17(3)19-13-7-11-18-10-4-5-12-20(18)19/h4-5,7,10-13,15-17,22H,6,8-9,14H2,1-3H3. The van der Waals surface area contributed by atoms with Crippen LogP contribution in [-0.2, 0) is 4.79 Å². The SMILES string of the molecule is CC(NCC(=O)N1C(C)CCCC1C)c1cccc2ccccc12. The Morgan fingerprint density at radius 2 is 1.79 bits per heavy atom. The fourth-order valence-electron chi connectivity index (χ4n) is 3.98. The van der Waals surface area contributed by atoms with Gasteiger partial charge in [-0.3, -0.25) is 4.79 Å². The number of fused-ring (bicyclic) bond motifs is 1. The third kappa shape index (κ3) is 3.46. The summed E-state index contributed by atoms with van der Waals surface area (Å²) in [4.78, 5) is 14.8. The molecule has 0 spiro atoms. The maximum atomic E-state index is 12.7. The van der Waals surface area contributed by atoms with E-state index in [1.165, 1.54) is 22.8 Å². The predicted octanol–water partition coefficient (Wildman–Crippen LogP) is 4.28. The Hall–Kier alpha value is -1.87. The molecule has 3 heteroatoms. The molecule has 1 saturated heterocycles. The summed E-state index contributed by atoms with van der Waals surface area (Å²) in [5.74, 6) is 0.224. The van der Waals surface area contributed by atoms with Crippen molar-refractivity contribution in [1.29, 1.82) is 0 Å². The van der Waals surface area contributed by atoms with Crippen molar-refractivity contribution in [3.05, 3.63) is 48.0 Å². The molecule has 2 aromatic rings. The number of rotatable bonds is 4. The molecular weight excluding hydrogens is 296 g/mol. The number of piperidine rings is 1. The van der Waals surface area contributed by atoms with Crippen molar-refractivity contribution in [2.75, 3.05) is 6.54 Å². The summed E-state index contributed by atoms with van der Waals surface area (Å²) in [7, 11) is 0. The van der Waals surface area contributed by atoms with Crippen molar-refractivity contribution in [3.63, 3.8) is 0 Å². The Morgan fingerprint density at radius 1 is 1.12 bits per heavy atom. The topological polar surface area (TPSA) is 32.3 Å². The lowest BCUT2D eigenvalue weighted by molar-refractivity contribution is -0.136. The monoisotopic (exact) mass is 324 g/mol. The van der Waals surface area contributed by atoms with Crippen LogP contribution in [0.15, 0.2) is 42.5 Å². The second kappa shape index (κ2) is 7.35. The first-order valence-corrected chi connectivity index (χ1v) is 9.10. The lowest BCUT2D eigenvalue weighted by Crippen LogP contribution is -2.50. The minimum atomic E-state index is 0.149. The van der Waals surface area contributed by atoms with Crippen LogP contribution in [0.5, 0.6) is 0 Å². The van der Waals surface area contributed by atoms with Gasteiger partial charge < -0.3 is 10.2 Å². The molecule has 128 valence electrons. The van der Waals surface area contributed by atoms with Crippen molar-refractivity contribution < 1.29 is 4.79 Å². The molecule has 1 N–H and O–H groups in total. The van der Waals surface area contributed by atoms with E-state index in [9.17, 15) is 4.79 Å². The van der Waals surface area contributed by atoms with Gasteiger partial charge in [-0.05, 0) is 56.4 Å². The van der Waals surface area contributed by atoms with Gasteiger partial charge >= 0.3 is 0 Å². The zero-order chi connectivity index (χ0) is 17.1. The van der Waals surface area contributed by atoms with Crippen molar-refractivity contribution in [3.8, 4) is 0 Å². The largest absolute Gasteiger partial charge is 0.336 e. The van der Waals surface area contributed by atoms with E-state index in [1.807, 2.05) is 0 Å². The van der Waals surface area contributed by atoms with Gasteiger partial charge in [0.2, 0.25) is 5.91 Å². The highest BCUT2D eigenvalue weighted by molar-refractivity contribution is 5.86. The van der Waals surface area contributed by atoms with Crippen LogP contribution in [-0.4, -0.2) is 29.4 Å². The molecule has 1 aliphatic heterocycles. The molecule has 3 atom stereocenters. The van der Waals surface area contributed by atoms with E-state index in [0.717, 1.165) is 12.8 Å². The molecule has 3 unspecified atom stereocenters. The van der Waals surface area contributed by atoms with E-state index in [1.54, 1.807) is 0 Å². The highest BCUT2D eigenvalue weighted by atomic mass is 16.2. The van der Waals surface area contributed by atoms with E-state index < -0.39 is 0 Å². The molecular formula is C21H28N2O. The number of benzene rings is 2. The van der Waals surface area contributed by atoms with Gasteiger partial charge in [0.15, 0.2) is 0 Å². The number of likely N-dealkylation sites (tertiary alicyclic amines) is 1. The Balaban J connectivity index is 1.68. The molecule has 0 saturated carbocycles. The number of amides is 1. The number of hydrogen-bond donors (Lipinski definition) is 1. The van der Waals surface area contributed by atoms with E-state index >= 15 is 0 Å². The Labute approximate surface area is 145 Å². The maximum absolute atomic E-state index is 12.7. The van der Waals surface area contributed by atoms with Crippen LogP contribution in [0.1, 0.15) is 51.6 Å². The van der Waals surface area contributed by atoms with Crippen LogP contribution in [0.2, 0.25) is 0 Å². The summed E-state index contributed by atoms with van der Waals surface area (Å²) >= 11 is 0. The van der Waals surface area contributed by atoms with E-state index in [2.05, 4.69) is 73.5 Å². The van der Waals surface area contributed by atoms with Crippen molar-refractivity contribution in [1.82, 2.24) is 10.2 Å². The summed E-state index contributed by atoms with van der Waals surface area (Å²) in [5, 5.41) is 5.94. The van der Waals surface area contributed by atoms with Gasteiger partial charge in [-0.1, -0.05) is 42.5 Å². The van der Waals surface area contributed by atoms with Crippen LogP contribution in [0.4, 0.5) is 0 Å². The van der Waals surface area contributed by atoms with E-state index in [0.29, 0.717) is 18.6 Å². The van der Waals surface area contributed by atoms with Crippen LogP contribution >= 0.6 is 0 Å². The molecule has 0 bridgehead atoms. The number of carbonyl (C=O) groups is 1. The average molecular weight is 324 g/mol. The van der Waals surface area contributed by atoms with Crippen LogP contribution in [0, 0.1) is 0 Å². The predicted molar refractivity (Wildman–Crippen MR) is 100.0 cm³/mol. The van der Waals surface area contributed by atoms with Crippen LogP contribution in [0.3, 0.4) is 0 Å². The number of hydrogen-bond acceptors (Lipinski definition) is 2. The van der Waals surface area contributed by atoms with Crippen LogP contribution < -0.4 is 5.32 Å². The molecule has 1 amide bonds. The van der Waals surface area contributed by atoms with Gasteiger partial charge in [-0.25, -0.2) is 0 Å². The second-order valence-electron chi connectivity index (χ2n) is 7.10. The van der Waals surface area contributed by atoms with E-state index in [4.69, 9.17) is 0 Å². The Morgan fingerprint density at radius 3 is 2.54 bits per heavy atom. The normalized spacial score (nSPS) is 22.5. The first kappa shape index (κ1) is 17.0. The first-order valence-electron chi connectivity index (χ1n) is 9.10. The smallest absolute Gasteiger partial charge is 0.237 e. The minimum Gasteiger partial charge on any atom is -0.336 e. The quantitative estimate of drug-likeness (QED) is 0.910. The molecule has 1 heterocycles. The van der Waals surface area contributed by atoms with Gasteiger partial charge in [0.05, 0.1) is 6.54 Å². The lowest BCUT2D eigenvalue weighted by atomic mass is 9.97. The van der Waals surface area contributed by atoms with Crippen molar-refractivity contribution >= 4 is 16.7 Å². The van der Waals surface area contributed by atoms with Crippen LogP contribution in [0.25, 0.3) is 10.8 Å². The number of carbonyl (C=O) groups excluding carboxylic acids is 1.